The van der Waals surface area contributed by atoms with Crippen LogP contribution in [-0.4, -0.2) is 49.1 Å². The molecule has 1 aliphatic rings. The fraction of sp³-hybridized carbons (Fsp3) is 1.00. The third-order valence-electron chi connectivity index (χ3n) is 3.74. The third-order valence-corrected chi connectivity index (χ3v) is 3.74. The topological polar surface area (TPSA) is 6.48 Å². The molecule has 0 amide bonds. The van der Waals surface area contributed by atoms with Crippen LogP contribution in [0.1, 0.15) is 52.4 Å². The van der Waals surface area contributed by atoms with Gasteiger partial charge in [-0.3, -0.25) is 0 Å². The standard InChI is InChI=1S/C14H30N2/c1-3-5-6-7-8-9-10-16-13-11-15(4-2)12-14-16/h3-14H2,1-2H3. The van der Waals surface area contributed by atoms with Crippen LogP contribution in [-0.2, 0) is 0 Å². The van der Waals surface area contributed by atoms with Crippen LogP contribution >= 0.6 is 0 Å². The van der Waals surface area contributed by atoms with Crippen molar-refractivity contribution in [2.75, 3.05) is 39.3 Å². The van der Waals surface area contributed by atoms with E-state index in [-0.39, 0.29) is 0 Å². The highest BCUT2D eigenvalue weighted by Crippen LogP contribution is 2.07. The lowest BCUT2D eigenvalue weighted by atomic mass is 10.1. The van der Waals surface area contributed by atoms with Gasteiger partial charge in [0.1, 0.15) is 0 Å². The molecule has 2 nitrogen and oxygen atoms in total. The highest BCUT2D eigenvalue weighted by Gasteiger charge is 2.14. The summed E-state index contributed by atoms with van der Waals surface area (Å²) in [5.74, 6) is 0. The summed E-state index contributed by atoms with van der Waals surface area (Å²) in [5, 5.41) is 0. The lowest BCUT2D eigenvalue weighted by Crippen LogP contribution is -2.46. The van der Waals surface area contributed by atoms with Gasteiger partial charge in [0, 0.05) is 26.2 Å². The van der Waals surface area contributed by atoms with Crippen molar-refractivity contribution in [2.24, 2.45) is 0 Å². The van der Waals surface area contributed by atoms with E-state index in [9.17, 15) is 0 Å². The lowest BCUT2D eigenvalue weighted by molar-refractivity contribution is 0.135. The minimum atomic E-state index is 1.23. The van der Waals surface area contributed by atoms with Crippen LogP contribution < -0.4 is 0 Å². The second kappa shape index (κ2) is 9.00. The summed E-state index contributed by atoms with van der Waals surface area (Å²) in [7, 11) is 0. The first kappa shape index (κ1) is 14.0. The molecular formula is C14H30N2. The van der Waals surface area contributed by atoms with Crippen LogP contribution in [0.25, 0.3) is 0 Å². The molecule has 1 rings (SSSR count). The maximum Gasteiger partial charge on any atom is 0.0110 e. The van der Waals surface area contributed by atoms with Gasteiger partial charge in [-0.05, 0) is 19.5 Å². The summed E-state index contributed by atoms with van der Waals surface area (Å²) < 4.78 is 0. The molecule has 0 unspecified atom stereocenters. The third kappa shape index (κ3) is 5.86. The van der Waals surface area contributed by atoms with Gasteiger partial charge in [-0.15, -0.1) is 0 Å². The molecule has 0 aromatic rings. The van der Waals surface area contributed by atoms with Gasteiger partial charge in [-0.25, -0.2) is 0 Å². The van der Waals surface area contributed by atoms with E-state index in [1.807, 2.05) is 0 Å². The van der Waals surface area contributed by atoms with Crippen LogP contribution in [0.15, 0.2) is 0 Å². The zero-order valence-corrected chi connectivity index (χ0v) is 11.4. The Morgan fingerprint density at radius 1 is 0.688 bits per heavy atom. The lowest BCUT2D eigenvalue weighted by Gasteiger charge is -2.33. The molecule has 16 heavy (non-hydrogen) atoms. The number of nitrogens with zero attached hydrogens (tertiary/aromatic N) is 2. The summed E-state index contributed by atoms with van der Waals surface area (Å²) in [6.45, 7) is 12.3. The van der Waals surface area contributed by atoms with Crippen molar-refractivity contribution < 1.29 is 0 Å². The van der Waals surface area contributed by atoms with Crippen molar-refractivity contribution in [2.45, 2.75) is 52.4 Å². The summed E-state index contributed by atoms with van der Waals surface area (Å²) in [6, 6.07) is 0. The van der Waals surface area contributed by atoms with Crippen LogP contribution in [0.5, 0.6) is 0 Å². The van der Waals surface area contributed by atoms with Gasteiger partial charge < -0.3 is 9.80 Å². The fourth-order valence-corrected chi connectivity index (χ4v) is 2.44. The minimum Gasteiger partial charge on any atom is -0.301 e. The molecule has 1 heterocycles. The Balaban J connectivity index is 1.90. The Morgan fingerprint density at radius 2 is 1.25 bits per heavy atom. The van der Waals surface area contributed by atoms with Crippen LogP contribution in [0.4, 0.5) is 0 Å². The van der Waals surface area contributed by atoms with Crippen LogP contribution in [0.2, 0.25) is 0 Å². The Bertz CT molecular complexity index is 151. The highest BCUT2D eigenvalue weighted by atomic mass is 15.3. The van der Waals surface area contributed by atoms with Gasteiger partial charge in [0.15, 0.2) is 0 Å². The van der Waals surface area contributed by atoms with Gasteiger partial charge >= 0.3 is 0 Å². The van der Waals surface area contributed by atoms with Crippen LogP contribution in [0, 0.1) is 0 Å². The van der Waals surface area contributed by atoms with Gasteiger partial charge in [0.2, 0.25) is 0 Å². The Hall–Kier alpha value is -0.0800. The van der Waals surface area contributed by atoms with Crippen molar-refractivity contribution in [1.82, 2.24) is 9.80 Å². The summed E-state index contributed by atoms with van der Waals surface area (Å²) in [5.41, 5.74) is 0. The molecule has 0 aromatic carbocycles. The number of hydrogen-bond donors (Lipinski definition) is 0. The van der Waals surface area contributed by atoms with Crippen molar-refractivity contribution in [3.63, 3.8) is 0 Å². The van der Waals surface area contributed by atoms with Gasteiger partial charge in [0.25, 0.3) is 0 Å². The average molecular weight is 226 g/mol. The highest BCUT2D eigenvalue weighted by molar-refractivity contribution is 4.70. The zero-order chi connectivity index (χ0) is 11.6. The minimum absolute atomic E-state index is 1.23. The molecule has 0 radical (unpaired) electrons. The van der Waals surface area contributed by atoms with E-state index < -0.39 is 0 Å². The summed E-state index contributed by atoms with van der Waals surface area (Å²) in [6.07, 6.45) is 8.53. The number of piperazine rings is 1. The zero-order valence-electron chi connectivity index (χ0n) is 11.4. The number of unbranched alkanes of at least 4 members (excludes halogenated alkanes) is 5. The molecule has 0 N–H and O–H groups in total. The Morgan fingerprint density at radius 3 is 1.88 bits per heavy atom. The average Bonchev–Trinajstić information content (AvgIpc) is 2.34. The fourth-order valence-electron chi connectivity index (χ4n) is 2.44. The maximum absolute atomic E-state index is 2.64. The van der Waals surface area contributed by atoms with Gasteiger partial charge in [-0.1, -0.05) is 46.0 Å². The summed E-state index contributed by atoms with van der Waals surface area (Å²) in [4.78, 5) is 5.20. The molecule has 0 saturated carbocycles. The molecule has 96 valence electrons. The smallest absolute Gasteiger partial charge is 0.0110 e. The molecule has 0 aromatic heterocycles. The van der Waals surface area contributed by atoms with E-state index >= 15 is 0 Å². The van der Waals surface area contributed by atoms with Crippen molar-refractivity contribution >= 4 is 0 Å². The molecule has 0 bridgehead atoms. The largest absolute Gasteiger partial charge is 0.301 e. The second-order valence-corrected chi connectivity index (χ2v) is 5.04. The monoisotopic (exact) mass is 226 g/mol. The van der Waals surface area contributed by atoms with E-state index in [1.54, 1.807) is 0 Å². The molecule has 0 atom stereocenters. The van der Waals surface area contributed by atoms with E-state index in [0.717, 1.165) is 0 Å². The first-order valence-corrected chi connectivity index (χ1v) is 7.31. The number of rotatable bonds is 8. The number of hydrogen-bond acceptors (Lipinski definition) is 2. The normalized spacial score (nSPS) is 19.1. The molecule has 1 saturated heterocycles. The van der Waals surface area contributed by atoms with Crippen molar-refractivity contribution in [3.05, 3.63) is 0 Å². The molecule has 1 aliphatic heterocycles. The van der Waals surface area contributed by atoms with E-state index in [0.29, 0.717) is 0 Å². The molecule has 0 spiro atoms. The SMILES string of the molecule is CCCCCCCCN1CCN(CC)CC1. The Labute approximate surface area is 102 Å². The van der Waals surface area contributed by atoms with Crippen molar-refractivity contribution in [3.8, 4) is 0 Å². The maximum atomic E-state index is 2.64. The molecule has 2 heteroatoms. The first-order chi connectivity index (χ1) is 7.86. The number of likely N-dealkylation sites (N-methyl/N-ethyl adjacent to an activating group) is 1. The van der Waals surface area contributed by atoms with Crippen molar-refractivity contribution in [1.29, 1.82) is 0 Å². The molecule has 0 aliphatic carbocycles. The van der Waals surface area contributed by atoms with E-state index in [4.69, 9.17) is 0 Å². The van der Waals surface area contributed by atoms with E-state index in [1.165, 1.54) is 77.8 Å². The summed E-state index contributed by atoms with van der Waals surface area (Å²) >= 11 is 0. The quantitative estimate of drug-likeness (QED) is 0.587. The Kier molecular flexibility index (Phi) is 7.87. The van der Waals surface area contributed by atoms with Gasteiger partial charge in [-0.2, -0.15) is 0 Å². The molecule has 1 fully saturated rings. The second-order valence-electron chi connectivity index (χ2n) is 5.04. The molecular weight excluding hydrogens is 196 g/mol. The predicted molar refractivity (Wildman–Crippen MR) is 71.9 cm³/mol. The van der Waals surface area contributed by atoms with E-state index in [2.05, 4.69) is 23.6 Å². The first-order valence-electron chi connectivity index (χ1n) is 7.31. The van der Waals surface area contributed by atoms with Crippen LogP contribution in [0.3, 0.4) is 0 Å². The van der Waals surface area contributed by atoms with Gasteiger partial charge in [0.05, 0.1) is 0 Å². The predicted octanol–water partition coefficient (Wildman–Crippen LogP) is 2.98.